The Hall–Kier alpha value is -2.79. The molecule has 0 saturated carbocycles. The van der Waals surface area contributed by atoms with E-state index < -0.39 is 0 Å². The summed E-state index contributed by atoms with van der Waals surface area (Å²) in [5.41, 5.74) is 2.77. The minimum absolute atomic E-state index is 0.00907. The van der Waals surface area contributed by atoms with Gasteiger partial charge in [-0.3, -0.25) is 4.40 Å². The predicted molar refractivity (Wildman–Crippen MR) is 121 cm³/mol. The van der Waals surface area contributed by atoms with Crippen molar-refractivity contribution in [1.29, 1.82) is 0 Å². The van der Waals surface area contributed by atoms with Crippen LogP contribution in [0.3, 0.4) is 0 Å². The molecule has 1 saturated heterocycles. The summed E-state index contributed by atoms with van der Waals surface area (Å²) in [6.07, 6.45) is 5.07. The maximum atomic E-state index is 10.1. The Labute approximate surface area is 187 Å². The number of anilines is 1. The Morgan fingerprint density at radius 1 is 1.26 bits per heavy atom. The number of oxazole rings is 1. The average Bonchev–Trinajstić information content (AvgIpc) is 3.46. The third-order valence-electron chi connectivity index (χ3n) is 4.94. The first-order valence-corrected chi connectivity index (χ1v) is 10.9. The van der Waals surface area contributed by atoms with E-state index in [9.17, 15) is 5.11 Å². The van der Waals surface area contributed by atoms with Gasteiger partial charge < -0.3 is 14.8 Å². The lowest BCUT2D eigenvalue weighted by Crippen LogP contribution is -2.22. The topological polar surface area (TPSA) is 95.0 Å². The summed E-state index contributed by atoms with van der Waals surface area (Å²) in [4.78, 5) is 13.6. The first-order valence-electron chi connectivity index (χ1n) is 9.74. The molecule has 1 aromatic carbocycles. The second-order valence-corrected chi connectivity index (χ2v) is 8.80. The molecule has 0 bridgehead atoms. The minimum Gasteiger partial charge on any atom is -0.506 e. The molecule has 0 aliphatic carbocycles. The molecule has 2 N–H and O–H groups in total. The fraction of sp³-hybridized carbons (Fsp3) is 0.250. The third-order valence-corrected chi connectivity index (χ3v) is 6.32. The molecule has 1 fully saturated rings. The molecule has 0 spiro atoms. The van der Waals surface area contributed by atoms with Gasteiger partial charge in [-0.2, -0.15) is 4.98 Å². The van der Waals surface area contributed by atoms with E-state index in [0.29, 0.717) is 28.7 Å². The van der Waals surface area contributed by atoms with Gasteiger partial charge in [0.25, 0.3) is 0 Å². The van der Waals surface area contributed by atoms with Crippen LogP contribution < -0.4 is 5.32 Å². The third kappa shape index (κ3) is 4.07. The van der Waals surface area contributed by atoms with Gasteiger partial charge in [0, 0.05) is 56.3 Å². The molecule has 0 atom stereocenters. The van der Waals surface area contributed by atoms with Crippen LogP contribution in [0.15, 0.2) is 47.3 Å². The summed E-state index contributed by atoms with van der Waals surface area (Å²) < 4.78 is 11.8. The van der Waals surface area contributed by atoms with Gasteiger partial charge in [0.05, 0.1) is 10.7 Å². The van der Waals surface area contributed by atoms with E-state index in [0.717, 1.165) is 31.9 Å². The van der Waals surface area contributed by atoms with Crippen LogP contribution in [0.25, 0.3) is 28.5 Å². The van der Waals surface area contributed by atoms with Crippen molar-refractivity contribution >= 4 is 35.5 Å². The van der Waals surface area contributed by atoms with Crippen LogP contribution in [0.5, 0.6) is 5.75 Å². The van der Waals surface area contributed by atoms with Gasteiger partial charge in [-0.1, -0.05) is 17.7 Å². The molecule has 0 radical (unpaired) electrons. The molecule has 0 unspecified atom stereocenters. The Balaban J connectivity index is 1.44. The molecule has 5 rings (SSSR count). The lowest BCUT2D eigenvalue weighted by molar-refractivity contribution is 0.476. The van der Waals surface area contributed by atoms with Crippen molar-refractivity contribution in [3.8, 4) is 28.4 Å². The van der Waals surface area contributed by atoms with E-state index in [4.69, 9.17) is 21.0 Å². The molecule has 3 aromatic heterocycles. The Morgan fingerprint density at radius 3 is 2.97 bits per heavy atom. The second-order valence-electron chi connectivity index (χ2n) is 7.09. The summed E-state index contributed by atoms with van der Waals surface area (Å²) in [6.45, 7) is 3.71. The number of imidazole rings is 1. The van der Waals surface area contributed by atoms with Crippen LogP contribution in [-0.4, -0.2) is 66.3 Å². The van der Waals surface area contributed by atoms with Crippen molar-refractivity contribution in [3.05, 3.63) is 47.9 Å². The normalized spacial score (nSPS) is 15.2. The van der Waals surface area contributed by atoms with Gasteiger partial charge in [0.15, 0.2) is 0 Å². The quantitative estimate of drug-likeness (QED) is 0.421. The Morgan fingerprint density at radius 2 is 2.16 bits per heavy atom. The van der Waals surface area contributed by atoms with Crippen molar-refractivity contribution in [2.75, 3.05) is 38.5 Å². The summed E-state index contributed by atoms with van der Waals surface area (Å²) in [7, 11) is 2.09. The van der Waals surface area contributed by atoms with Gasteiger partial charge in [-0.25, -0.2) is 18.6 Å². The van der Waals surface area contributed by atoms with Crippen LogP contribution in [-0.2, 0) is 0 Å². The largest absolute Gasteiger partial charge is 0.506 e. The maximum absolute atomic E-state index is 10.1. The zero-order valence-electron chi connectivity index (χ0n) is 16.7. The van der Waals surface area contributed by atoms with Gasteiger partial charge in [-0.15, -0.1) is 0 Å². The van der Waals surface area contributed by atoms with Crippen molar-refractivity contribution in [1.82, 2.24) is 28.0 Å². The van der Waals surface area contributed by atoms with Crippen LogP contribution >= 0.6 is 23.7 Å². The highest BCUT2D eigenvalue weighted by Gasteiger charge is 2.21. The summed E-state index contributed by atoms with van der Waals surface area (Å²) in [6, 6.07) is 6.85. The van der Waals surface area contributed by atoms with Crippen LogP contribution in [0, 0.1) is 0 Å². The summed E-state index contributed by atoms with van der Waals surface area (Å²) in [5, 5.41) is 13.6. The molecular formula is C20H20ClN7O2S. The molecule has 1 aliphatic rings. The van der Waals surface area contributed by atoms with Gasteiger partial charge >= 0.3 is 5.84 Å². The number of rotatable bonds is 6. The first kappa shape index (κ1) is 20.1. The number of halogens is 1. The molecule has 1 aliphatic heterocycles. The predicted octanol–water partition coefficient (Wildman–Crippen LogP) is 3.63. The fourth-order valence-corrected chi connectivity index (χ4v) is 4.45. The van der Waals surface area contributed by atoms with E-state index in [1.54, 1.807) is 49.0 Å². The smallest absolute Gasteiger partial charge is 0.306 e. The molecule has 4 heterocycles. The number of hydrogen-bond acceptors (Lipinski definition) is 9. The summed E-state index contributed by atoms with van der Waals surface area (Å²) in [5.74, 6) is 0.964. The highest BCUT2D eigenvalue weighted by Crippen LogP contribution is 2.35. The number of phenolic OH excluding ortho intramolecular Hbond substituents is 1. The van der Waals surface area contributed by atoms with Crippen molar-refractivity contribution in [3.63, 3.8) is 0 Å². The molecule has 0 amide bonds. The van der Waals surface area contributed by atoms with Crippen molar-refractivity contribution in [2.45, 2.75) is 0 Å². The van der Waals surface area contributed by atoms with E-state index in [1.807, 2.05) is 10.5 Å². The van der Waals surface area contributed by atoms with Crippen LogP contribution in [0.1, 0.15) is 0 Å². The summed E-state index contributed by atoms with van der Waals surface area (Å²) >= 11 is 7.72. The van der Waals surface area contributed by atoms with Crippen LogP contribution in [0.4, 0.5) is 5.95 Å². The van der Waals surface area contributed by atoms with Crippen molar-refractivity contribution < 1.29 is 9.52 Å². The Kier molecular flexibility index (Phi) is 5.45. The fourth-order valence-electron chi connectivity index (χ4n) is 3.44. The molecule has 9 nitrogen and oxygen atoms in total. The van der Waals surface area contributed by atoms with Gasteiger partial charge in [0.1, 0.15) is 23.4 Å². The minimum atomic E-state index is -0.00907. The highest BCUT2D eigenvalue weighted by molar-refractivity contribution is 7.94. The maximum Gasteiger partial charge on any atom is 0.306 e. The molecule has 31 heavy (non-hydrogen) atoms. The number of benzene rings is 1. The number of likely N-dealkylation sites (N-methyl/N-ethyl adjacent to an activating group) is 1. The number of fused-ring (bicyclic) bond motifs is 1. The molecule has 11 heteroatoms. The Bertz CT molecular complexity index is 1230. The average molecular weight is 458 g/mol. The van der Waals surface area contributed by atoms with E-state index in [2.05, 4.69) is 30.9 Å². The van der Waals surface area contributed by atoms with Crippen molar-refractivity contribution in [2.24, 2.45) is 0 Å². The SMILES string of the molecule is CN1CCN(CCNc2nccc(-c3c(-c4ccc(Cl)c(O)c4)nc4occn34)n2)S1. The molecule has 160 valence electrons. The lowest BCUT2D eigenvalue weighted by atomic mass is 10.1. The van der Waals surface area contributed by atoms with E-state index >= 15 is 0 Å². The van der Waals surface area contributed by atoms with E-state index in [-0.39, 0.29) is 10.8 Å². The number of phenols is 1. The highest BCUT2D eigenvalue weighted by atomic mass is 35.5. The lowest BCUT2D eigenvalue weighted by Gasteiger charge is -2.14. The molecule has 4 aromatic rings. The number of aromatic hydroxyl groups is 1. The number of nitrogens with one attached hydrogen (secondary N) is 1. The first-order chi connectivity index (χ1) is 15.1. The second kappa shape index (κ2) is 8.39. The number of aromatic nitrogens is 4. The van der Waals surface area contributed by atoms with Gasteiger partial charge in [0.2, 0.25) is 5.95 Å². The standard InChI is InChI=1S/C20H20ClN7O2S/c1-26-8-9-27(31-26)7-6-23-19-22-5-4-15(24-19)18-17(25-20-28(18)10-11-30-20)13-2-3-14(21)16(29)12-13/h2-5,10-12,29H,6-9H2,1H3,(H,22,23,24). The zero-order valence-corrected chi connectivity index (χ0v) is 18.3. The zero-order chi connectivity index (χ0) is 21.4. The monoisotopic (exact) mass is 457 g/mol. The van der Waals surface area contributed by atoms with Gasteiger partial charge in [-0.05, 0) is 25.2 Å². The van der Waals surface area contributed by atoms with E-state index in [1.165, 1.54) is 0 Å². The van der Waals surface area contributed by atoms with Crippen LogP contribution in [0.2, 0.25) is 5.02 Å². The number of nitrogens with zero attached hydrogens (tertiary/aromatic N) is 6. The molecular weight excluding hydrogens is 438 g/mol. The number of hydrogen-bond donors (Lipinski definition) is 2.